The van der Waals surface area contributed by atoms with Gasteiger partial charge in [0, 0.05) is 24.3 Å². The van der Waals surface area contributed by atoms with Crippen molar-refractivity contribution >= 4 is 0 Å². The van der Waals surface area contributed by atoms with Crippen LogP contribution in [0.15, 0.2) is 61.2 Å². The maximum absolute atomic E-state index is 2.89. The molecular weight excluding hydrogens is 310 g/mol. The summed E-state index contributed by atoms with van der Waals surface area (Å²) in [5.74, 6) is 0. The first-order chi connectivity index (χ1) is 6.00. The number of hydrogen-bond donors (Lipinski definition) is 0. The Labute approximate surface area is 107 Å². The third kappa shape index (κ3) is 9.41. The minimum atomic E-state index is 0. The molecule has 0 fully saturated rings. The van der Waals surface area contributed by atoms with E-state index < -0.39 is 0 Å². The molecule has 0 aromatic carbocycles. The molecule has 0 aliphatic rings. The topological polar surface area (TPSA) is 28.3 Å². The minimum Gasteiger partial charge on any atom is -1.00 e. The molecule has 0 saturated carbocycles. The van der Waals surface area contributed by atoms with Crippen LogP contribution in [0.4, 0.5) is 0 Å². The number of H-pyrrole nitrogens is 2. The lowest BCUT2D eigenvalue weighted by molar-refractivity contribution is -0.378. The van der Waals surface area contributed by atoms with Gasteiger partial charge >= 0.3 is 0 Å². The molecule has 2 aromatic heterocycles. The normalized spacial score (nSPS) is 6.86. The monoisotopic (exact) mass is 322 g/mol. The quantitative estimate of drug-likeness (QED) is 0.435. The van der Waals surface area contributed by atoms with Crippen molar-refractivity contribution in [3.05, 3.63) is 61.2 Å². The third-order valence-corrected chi connectivity index (χ3v) is 1.21. The zero-order valence-electron chi connectivity index (χ0n) is 7.53. The molecule has 0 atom stereocenters. The number of aromatic amines is 2. The minimum absolute atomic E-state index is 0. The fourth-order valence-corrected chi connectivity index (χ4v) is 0.684. The average molecular weight is 323 g/mol. The fraction of sp³-hybridized carbons (Fsp3) is 0. The van der Waals surface area contributed by atoms with Gasteiger partial charge in [0.2, 0.25) is 0 Å². The maximum atomic E-state index is 2.89. The van der Waals surface area contributed by atoms with Crippen molar-refractivity contribution in [2.24, 2.45) is 0 Å². The van der Waals surface area contributed by atoms with Gasteiger partial charge < -0.3 is 36.4 Å². The lowest BCUT2D eigenvalue weighted by Gasteiger charge is -1.63. The van der Waals surface area contributed by atoms with Crippen molar-refractivity contribution in [3.63, 3.8) is 0 Å². The van der Waals surface area contributed by atoms with Crippen LogP contribution in [-0.2, 0) is 0 Å². The predicted octanol–water partition coefficient (Wildman–Crippen LogP) is -4.99. The number of halogens is 2. The van der Waals surface area contributed by atoms with E-state index in [2.05, 4.69) is 9.97 Å². The first kappa shape index (κ1) is 15.8. The van der Waals surface area contributed by atoms with E-state index in [4.69, 9.17) is 0 Å². The Kier molecular flexibility index (Phi) is 13.9. The van der Waals surface area contributed by atoms with Crippen LogP contribution in [0.5, 0.6) is 0 Å². The molecule has 0 saturated heterocycles. The highest BCUT2D eigenvalue weighted by Crippen LogP contribution is 1.68. The summed E-state index contributed by atoms with van der Waals surface area (Å²) >= 11 is 0. The third-order valence-electron chi connectivity index (χ3n) is 1.21. The lowest BCUT2D eigenvalue weighted by Crippen LogP contribution is -3.00. The summed E-state index contributed by atoms with van der Waals surface area (Å²) in [6.45, 7) is 0. The van der Waals surface area contributed by atoms with Gasteiger partial charge in [-0.2, -0.15) is 0 Å². The van der Waals surface area contributed by atoms with E-state index in [9.17, 15) is 0 Å². The Morgan fingerprint density at radius 1 is 0.500 bits per heavy atom. The number of pyridine rings is 2. The summed E-state index contributed by atoms with van der Waals surface area (Å²) < 4.78 is 0. The molecule has 14 heavy (non-hydrogen) atoms. The van der Waals surface area contributed by atoms with Crippen molar-refractivity contribution in [2.45, 2.75) is 0 Å². The van der Waals surface area contributed by atoms with Crippen LogP contribution in [0.25, 0.3) is 0 Å². The summed E-state index contributed by atoms with van der Waals surface area (Å²) in [5.41, 5.74) is 0. The van der Waals surface area contributed by atoms with Gasteiger partial charge in [-0.15, -0.1) is 0 Å². The molecule has 2 heterocycles. The van der Waals surface area contributed by atoms with Gasteiger partial charge in [0.15, 0.2) is 24.8 Å². The van der Waals surface area contributed by atoms with Crippen LogP contribution in [0.1, 0.15) is 0 Å². The molecule has 0 radical (unpaired) electrons. The predicted molar refractivity (Wildman–Crippen MR) is 46.0 cm³/mol. The number of aromatic nitrogens is 2. The molecule has 0 amide bonds. The molecule has 2 N–H and O–H groups in total. The standard InChI is InChI=1S/2C5H5N.ClH.HI/c2*1-2-4-6-5-3-1;;/h2*1-5H;2*1H. The van der Waals surface area contributed by atoms with E-state index in [1.807, 2.05) is 61.2 Å². The smallest absolute Gasteiger partial charge is 0.166 e. The SMILES string of the molecule is [Cl-].[I-].c1cc[nH+]cc1.c1cc[nH+]cc1. The van der Waals surface area contributed by atoms with Gasteiger partial charge in [-0.1, -0.05) is 12.1 Å². The molecule has 2 aromatic rings. The second kappa shape index (κ2) is 12.3. The Morgan fingerprint density at radius 3 is 0.857 bits per heavy atom. The highest BCUT2D eigenvalue weighted by molar-refractivity contribution is 4.83. The van der Waals surface area contributed by atoms with Crippen molar-refractivity contribution in [2.75, 3.05) is 0 Å². The van der Waals surface area contributed by atoms with Crippen LogP contribution in [0, 0.1) is 0 Å². The zero-order chi connectivity index (χ0) is 8.49. The summed E-state index contributed by atoms with van der Waals surface area (Å²) in [5, 5.41) is 0. The molecule has 0 aliphatic heterocycles. The fourth-order valence-electron chi connectivity index (χ4n) is 0.684. The van der Waals surface area contributed by atoms with Gasteiger partial charge in [0.05, 0.1) is 0 Å². The summed E-state index contributed by atoms with van der Waals surface area (Å²) in [6.07, 6.45) is 7.50. The average Bonchev–Trinajstić information content (AvgIpc) is 2.24. The molecule has 0 bridgehead atoms. The Bertz CT molecular complexity index is 194. The summed E-state index contributed by atoms with van der Waals surface area (Å²) in [4.78, 5) is 5.78. The Balaban J connectivity index is 0. The van der Waals surface area contributed by atoms with E-state index in [1.165, 1.54) is 0 Å². The van der Waals surface area contributed by atoms with Gasteiger partial charge in [-0.3, -0.25) is 0 Å². The molecule has 2 rings (SSSR count). The highest BCUT2D eigenvalue weighted by atomic mass is 127. The first-order valence-electron chi connectivity index (χ1n) is 3.82. The summed E-state index contributed by atoms with van der Waals surface area (Å²) in [7, 11) is 0. The largest absolute Gasteiger partial charge is 1.00 e. The van der Waals surface area contributed by atoms with E-state index in [-0.39, 0.29) is 36.4 Å². The van der Waals surface area contributed by atoms with Gasteiger partial charge in [0.1, 0.15) is 0 Å². The van der Waals surface area contributed by atoms with E-state index in [1.54, 1.807) is 0 Å². The maximum Gasteiger partial charge on any atom is 0.166 e. The van der Waals surface area contributed by atoms with Crippen molar-refractivity contribution in [3.8, 4) is 0 Å². The Morgan fingerprint density at radius 2 is 0.786 bits per heavy atom. The lowest BCUT2D eigenvalue weighted by atomic mass is 10.5. The van der Waals surface area contributed by atoms with E-state index >= 15 is 0 Å². The Hall–Kier alpha value is -0.680. The van der Waals surface area contributed by atoms with E-state index in [0.29, 0.717) is 0 Å². The number of rotatable bonds is 0. The van der Waals surface area contributed by atoms with Crippen LogP contribution in [0.3, 0.4) is 0 Å². The van der Waals surface area contributed by atoms with Crippen LogP contribution >= 0.6 is 0 Å². The van der Waals surface area contributed by atoms with Crippen molar-refractivity contribution < 1.29 is 46.4 Å². The highest BCUT2D eigenvalue weighted by Gasteiger charge is 1.66. The van der Waals surface area contributed by atoms with Crippen molar-refractivity contribution in [1.82, 2.24) is 0 Å². The van der Waals surface area contributed by atoms with Crippen LogP contribution < -0.4 is 46.4 Å². The molecule has 0 aliphatic carbocycles. The molecule has 2 nitrogen and oxygen atoms in total. The van der Waals surface area contributed by atoms with E-state index in [0.717, 1.165) is 0 Å². The van der Waals surface area contributed by atoms with Crippen LogP contribution in [0.2, 0.25) is 0 Å². The molecule has 0 unspecified atom stereocenters. The van der Waals surface area contributed by atoms with Crippen LogP contribution in [-0.4, -0.2) is 0 Å². The number of nitrogens with one attached hydrogen (secondary N) is 2. The molecular formula is C10H12ClIN2. The summed E-state index contributed by atoms with van der Waals surface area (Å²) in [6, 6.07) is 11.7. The number of hydrogen-bond acceptors (Lipinski definition) is 0. The molecule has 0 spiro atoms. The van der Waals surface area contributed by atoms with Crippen molar-refractivity contribution in [1.29, 1.82) is 0 Å². The van der Waals surface area contributed by atoms with Gasteiger partial charge in [-0.05, 0) is 0 Å². The second-order valence-corrected chi connectivity index (χ2v) is 2.15. The molecule has 4 heteroatoms. The van der Waals surface area contributed by atoms with Gasteiger partial charge in [0.25, 0.3) is 0 Å². The molecule has 76 valence electrons. The van der Waals surface area contributed by atoms with Gasteiger partial charge in [-0.25, -0.2) is 9.97 Å². The zero-order valence-corrected chi connectivity index (χ0v) is 10.4. The first-order valence-corrected chi connectivity index (χ1v) is 3.82. The second-order valence-electron chi connectivity index (χ2n) is 2.15.